The van der Waals surface area contributed by atoms with Crippen LogP contribution in [-0.4, -0.2) is 16.9 Å². The molecule has 1 fully saturated rings. The van der Waals surface area contributed by atoms with Gasteiger partial charge in [-0.05, 0) is 37.1 Å². The summed E-state index contributed by atoms with van der Waals surface area (Å²) < 4.78 is 0. The number of rotatable bonds is 5. The van der Waals surface area contributed by atoms with E-state index in [1.54, 1.807) is 0 Å². The van der Waals surface area contributed by atoms with Gasteiger partial charge in [0.15, 0.2) is 0 Å². The van der Waals surface area contributed by atoms with Crippen LogP contribution in [0.5, 0.6) is 0 Å². The summed E-state index contributed by atoms with van der Waals surface area (Å²) in [4.78, 5) is 14.7. The van der Waals surface area contributed by atoms with E-state index in [0.717, 1.165) is 11.4 Å². The lowest BCUT2D eigenvalue weighted by Gasteiger charge is -2.25. The summed E-state index contributed by atoms with van der Waals surface area (Å²) in [6.07, 6.45) is 6.49. The largest absolute Gasteiger partial charge is 0.280 e. The van der Waals surface area contributed by atoms with Crippen LogP contribution in [0.3, 0.4) is 0 Å². The van der Waals surface area contributed by atoms with E-state index in [-0.39, 0.29) is 5.91 Å². The lowest BCUT2D eigenvalue weighted by atomic mass is 10.0. The summed E-state index contributed by atoms with van der Waals surface area (Å²) in [5, 5.41) is 0.654. The van der Waals surface area contributed by atoms with Crippen LogP contribution >= 0.6 is 11.8 Å². The molecule has 0 N–H and O–H groups in total. The Hall–Kier alpha value is -1.74. The number of thioether (sulfide) groups is 1. The van der Waals surface area contributed by atoms with Crippen LogP contribution in [0.25, 0.3) is 0 Å². The summed E-state index contributed by atoms with van der Waals surface area (Å²) in [6.45, 7) is 0. The van der Waals surface area contributed by atoms with E-state index >= 15 is 0 Å². The van der Waals surface area contributed by atoms with Crippen molar-refractivity contribution < 1.29 is 4.79 Å². The van der Waals surface area contributed by atoms with Crippen molar-refractivity contribution in [2.75, 3.05) is 10.7 Å². The molecule has 1 saturated carbocycles. The molecule has 0 heterocycles. The predicted octanol–water partition coefficient (Wildman–Crippen LogP) is 5.42. The van der Waals surface area contributed by atoms with E-state index in [1.807, 2.05) is 77.3 Å². The standard InChI is InChI=1S/C20H23NOS/c22-20(16-23-19-14-8-3-9-15-19)21(17-10-4-1-5-11-17)18-12-6-2-7-13-18/h1-2,4-7,10-13,19H,3,8-9,14-16H2. The Morgan fingerprint density at radius 3 is 1.91 bits per heavy atom. The van der Waals surface area contributed by atoms with Gasteiger partial charge < -0.3 is 0 Å². The number of anilines is 2. The van der Waals surface area contributed by atoms with Gasteiger partial charge in [-0.2, -0.15) is 0 Å². The number of carbonyl (C=O) groups is 1. The van der Waals surface area contributed by atoms with E-state index in [2.05, 4.69) is 0 Å². The molecule has 0 spiro atoms. The van der Waals surface area contributed by atoms with E-state index < -0.39 is 0 Å². The lowest BCUT2D eigenvalue weighted by Crippen LogP contribution is -2.28. The molecule has 1 aliphatic carbocycles. The summed E-state index contributed by atoms with van der Waals surface area (Å²) >= 11 is 1.83. The predicted molar refractivity (Wildman–Crippen MR) is 99.4 cm³/mol. The van der Waals surface area contributed by atoms with Crippen molar-refractivity contribution in [1.82, 2.24) is 0 Å². The van der Waals surface area contributed by atoms with Gasteiger partial charge in [-0.1, -0.05) is 55.7 Å². The third kappa shape index (κ3) is 4.38. The average Bonchev–Trinajstić information content (AvgIpc) is 2.63. The first-order chi connectivity index (χ1) is 11.3. The second-order valence-electron chi connectivity index (χ2n) is 5.97. The van der Waals surface area contributed by atoms with E-state index in [0.29, 0.717) is 11.0 Å². The Balaban J connectivity index is 1.74. The lowest BCUT2D eigenvalue weighted by molar-refractivity contribution is -0.115. The van der Waals surface area contributed by atoms with Gasteiger partial charge in [0.05, 0.1) is 5.75 Å². The van der Waals surface area contributed by atoms with E-state index in [4.69, 9.17) is 0 Å². The van der Waals surface area contributed by atoms with Gasteiger partial charge in [0, 0.05) is 16.6 Å². The molecular weight excluding hydrogens is 302 g/mol. The minimum absolute atomic E-state index is 0.165. The van der Waals surface area contributed by atoms with Crippen molar-refractivity contribution in [3.05, 3.63) is 60.7 Å². The first kappa shape index (κ1) is 16.1. The monoisotopic (exact) mass is 325 g/mol. The highest BCUT2D eigenvalue weighted by atomic mass is 32.2. The van der Waals surface area contributed by atoms with Crippen LogP contribution in [-0.2, 0) is 4.79 Å². The molecule has 3 rings (SSSR count). The SMILES string of the molecule is O=C(CSC1CCCCC1)N(c1ccccc1)c1ccccc1. The smallest absolute Gasteiger partial charge is 0.241 e. The van der Waals surface area contributed by atoms with Crippen LogP contribution in [0.1, 0.15) is 32.1 Å². The van der Waals surface area contributed by atoms with Crippen LogP contribution in [0, 0.1) is 0 Å². The second kappa shape index (κ2) is 8.21. The Kier molecular flexibility index (Phi) is 5.76. The molecule has 0 atom stereocenters. The molecule has 1 aliphatic rings. The van der Waals surface area contributed by atoms with Crippen molar-refractivity contribution in [3.63, 3.8) is 0 Å². The maximum atomic E-state index is 12.9. The zero-order valence-corrected chi connectivity index (χ0v) is 14.2. The third-order valence-electron chi connectivity index (χ3n) is 4.27. The van der Waals surface area contributed by atoms with Gasteiger partial charge in [-0.25, -0.2) is 0 Å². The van der Waals surface area contributed by atoms with Crippen molar-refractivity contribution in [1.29, 1.82) is 0 Å². The molecule has 2 aromatic rings. The molecule has 23 heavy (non-hydrogen) atoms. The minimum Gasteiger partial charge on any atom is -0.280 e. The topological polar surface area (TPSA) is 20.3 Å². The van der Waals surface area contributed by atoms with E-state index in [9.17, 15) is 4.79 Å². The number of amides is 1. The van der Waals surface area contributed by atoms with E-state index in [1.165, 1.54) is 32.1 Å². The molecule has 0 aromatic heterocycles. The fraction of sp³-hybridized carbons (Fsp3) is 0.350. The molecule has 2 aromatic carbocycles. The number of hydrogen-bond acceptors (Lipinski definition) is 2. The summed E-state index contributed by atoms with van der Waals surface area (Å²) in [6, 6.07) is 19.9. The Labute approximate surface area is 142 Å². The molecule has 0 saturated heterocycles. The summed E-state index contributed by atoms with van der Waals surface area (Å²) in [7, 11) is 0. The van der Waals surface area contributed by atoms with Gasteiger partial charge in [0.25, 0.3) is 0 Å². The molecule has 0 unspecified atom stereocenters. The fourth-order valence-corrected chi connectivity index (χ4v) is 4.25. The number of benzene rings is 2. The van der Waals surface area contributed by atoms with Crippen molar-refractivity contribution >= 4 is 29.0 Å². The molecule has 0 aliphatic heterocycles. The molecular formula is C20H23NOS. The highest BCUT2D eigenvalue weighted by Gasteiger charge is 2.20. The quantitative estimate of drug-likeness (QED) is 0.732. The minimum atomic E-state index is 0.165. The zero-order valence-electron chi connectivity index (χ0n) is 13.4. The van der Waals surface area contributed by atoms with Crippen molar-refractivity contribution in [2.24, 2.45) is 0 Å². The maximum Gasteiger partial charge on any atom is 0.241 e. The van der Waals surface area contributed by atoms with Gasteiger partial charge in [0.2, 0.25) is 5.91 Å². The van der Waals surface area contributed by atoms with Crippen LogP contribution in [0.15, 0.2) is 60.7 Å². The Morgan fingerprint density at radius 1 is 0.870 bits per heavy atom. The number of nitrogens with zero attached hydrogens (tertiary/aromatic N) is 1. The maximum absolute atomic E-state index is 12.9. The number of carbonyl (C=O) groups excluding carboxylic acids is 1. The molecule has 0 radical (unpaired) electrons. The number of para-hydroxylation sites is 2. The average molecular weight is 325 g/mol. The van der Waals surface area contributed by atoms with Crippen molar-refractivity contribution in [3.8, 4) is 0 Å². The van der Waals surface area contributed by atoms with Crippen LogP contribution in [0.2, 0.25) is 0 Å². The first-order valence-corrected chi connectivity index (χ1v) is 9.44. The number of hydrogen-bond donors (Lipinski definition) is 0. The van der Waals surface area contributed by atoms with Crippen LogP contribution in [0.4, 0.5) is 11.4 Å². The van der Waals surface area contributed by atoms with Crippen LogP contribution < -0.4 is 4.90 Å². The molecule has 0 bridgehead atoms. The Bertz CT molecular complexity index is 569. The summed E-state index contributed by atoms with van der Waals surface area (Å²) in [5.41, 5.74) is 1.88. The van der Waals surface area contributed by atoms with Gasteiger partial charge in [0.1, 0.15) is 0 Å². The normalized spacial score (nSPS) is 15.3. The summed E-state index contributed by atoms with van der Waals surface area (Å²) in [5.74, 6) is 0.715. The zero-order chi connectivity index (χ0) is 15.9. The molecule has 2 nitrogen and oxygen atoms in total. The molecule has 120 valence electrons. The fourth-order valence-electron chi connectivity index (χ4n) is 3.08. The molecule has 1 amide bonds. The highest BCUT2D eigenvalue weighted by Crippen LogP contribution is 2.30. The molecule has 3 heteroatoms. The second-order valence-corrected chi connectivity index (χ2v) is 7.26. The van der Waals surface area contributed by atoms with Crippen molar-refractivity contribution in [2.45, 2.75) is 37.4 Å². The first-order valence-electron chi connectivity index (χ1n) is 8.39. The third-order valence-corrected chi connectivity index (χ3v) is 5.63. The van der Waals surface area contributed by atoms with Gasteiger partial charge in [-0.15, -0.1) is 11.8 Å². The van der Waals surface area contributed by atoms with Gasteiger partial charge in [-0.3, -0.25) is 9.69 Å². The van der Waals surface area contributed by atoms with Gasteiger partial charge >= 0.3 is 0 Å². The highest BCUT2D eigenvalue weighted by molar-refractivity contribution is 8.00. The Morgan fingerprint density at radius 2 is 1.39 bits per heavy atom.